The summed E-state index contributed by atoms with van der Waals surface area (Å²) < 4.78 is 0. The summed E-state index contributed by atoms with van der Waals surface area (Å²) in [5.74, 6) is 0.554. The highest BCUT2D eigenvalue weighted by Crippen LogP contribution is 2.26. The SMILES string of the molecule is Cc1cc(N2CCCC2C(=O)O)nc(-c2ccccc2)n1. The fraction of sp³-hybridized carbons (Fsp3) is 0.312. The molecule has 1 unspecified atom stereocenters. The number of nitrogens with zero attached hydrogens (tertiary/aromatic N) is 3. The van der Waals surface area contributed by atoms with Crippen LogP contribution in [0.5, 0.6) is 0 Å². The van der Waals surface area contributed by atoms with E-state index in [0.717, 1.165) is 24.2 Å². The monoisotopic (exact) mass is 283 g/mol. The van der Waals surface area contributed by atoms with Crippen LogP contribution in [0.4, 0.5) is 5.82 Å². The quantitative estimate of drug-likeness (QED) is 0.937. The minimum Gasteiger partial charge on any atom is -0.480 e. The molecule has 0 spiro atoms. The molecule has 108 valence electrons. The Morgan fingerprint density at radius 2 is 2.05 bits per heavy atom. The van der Waals surface area contributed by atoms with Gasteiger partial charge in [0.25, 0.3) is 0 Å². The number of hydrogen-bond donors (Lipinski definition) is 1. The van der Waals surface area contributed by atoms with Gasteiger partial charge in [-0.05, 0) is 19.8 Å². The smallest absolute Gasteiger partial charge is 0.326 e. The number of carboxylic acid groups (broad SMARTS) is 1. The Morgan fingerprint density at radius 3 is 2.76 bits per heavy atom. The molecule has 1 aliphatic rings. The molecule has 1 saturated heterocycles. The van der Waals surface area contributed by atoms with E-state index < -0.39 is 12.0 Å². The van der Waals surface area contributed by atoms with E-state index in [-0.39, 0.29) is 0 Å². The predicted octanol–water partition coefficient (Wildman–Crippen LogP) is 2.51. The van der Waals surface area contributed by atoms with E-state index in [0.29, 0.717) is 18.1 Å². The number of carbonyl (C=O) groups is 1. The Balaban J connectivity index is 2.00. The molecule has 1 aromatic heterocycles. The molecule has 1 atom stereocenters. The van der Waals surface area contributed by atoms with E-state index in [4.69, 9.17) is 0 Å². The molecule has 2 aromatic rings. The summed E-state index contributed by atoms with van der Waals surface area (Å²) >= 11 is 0. The van der Waals surface area contributed by atoms with Gasteiger partial charge < -0.3 is 10.0 Å². The molecule has 0 amide bonds. The minimum absolute atomic E-state index is 0.483. The van der Waals surface area contributed by atoms with Crippen LogP contribution < -0.4 is 4.90 Å². The summed E-state index contributed by atoms with van der Waals surface area (Å²) in [5, 5.41) is 9.32. The van der Waals surface area contributed by atoms with Crippen LogP contribution in [0.15, 0.2) is 36.4 Å². The van der Waals surface area contributed by atoms with Crippen LogP contribution in [0, 0.1) is 6.92 Å². The minimum atomic E-state index is -0.787. The van der Waals surface area contributed by atoms with Crippen molar-refractivity contribution in [3.63, 3.8) is 0 Å². The Morgan fingerprint density at radius 1 is 1.29 bits per heavy atom. The zero-order valence-electron chi connectivity index (χ0n) is 11.9. The number of carboxylic acids is 1. The van der Waals surface area contributed by atoms with Gasteiger partial charge in [-0.25, -0.2) is 14.8 Å². The average Bonchev–Trinajstić information content (AvgIpc) is 2.97. The zero-order valence-corrected chi connectivity index (χ0v) is 11.9. The number of benzene rings is 1. The molecule has 5 heteroatoms. The molecule has 5 nitrogen and oxygen atoms in total. The van der Waals surface area contributed by atoms with Crippen molar-refractivity contribution in [1.82, 2.24) is 9.97 Å². The number of aryl methyl sites for hydroxylation is 1. The third-order valence-electron chi connectivity index (χ3n) is 3.70. The summed E-state index contributed by atoms with van der Waals surface area (Å²) in [6, 6.07) is 11.1. The Kier molecular flexibility index (Phi) is 3.56. The van der Waals surface area contributed by atoms with Crippen LogP contribution in [0.2, 0.25) is 0 Å². The van der Waals surface area contributed by atoms with Crippen LogP contribution in [0.25, 0.3) is 11.4 Å². The van der Waals surface area contributed by atoms with E-state index in [2.05, 4.69) is 9.97 Å². The van der Waals surface area contributed by atoms with Crippen molar-refractivity contribution >= 4 is 11.8 Å². The molecule has 21 heavy (non-hydrogen) atoms. The van der Waals surface area contributed by atoms with E-state index in [1.807, 2.05) is 48.2 Å². The first-order chi connectivity index (χ1) is 10.1. The predicted molar refractivity (Wildman–Crippen MR) is 80.2 cm³/mol. The lowest BCUT2D eigenvalue weighted by Crippen LogP contribution is -2.36. The number of rotatable bonds is 3. The maximum atomic E-state index is 11.3. The van der Waals surface area contributed by atoms with Crippen molar-refractivity contribution in [1.29, 1.82) is 0 Å². The second-order valence-electron chi connectivity index (χ2n) is 5.25. The molecule has 1 N–H and O–H groups in total. The Hall–Kier alpha value is -2.43. The second-order valence-corrected chi connectivity index (χ2v) is 5.25. The fourth-order valence-corrected chi connectivity index (χ4v) is 2.71. The van der Waals surface area contributed by atoms with Gasteiger partial charge in [-0.15, -0.1) is 0 Å². The first-order valence-electron chi connectivity index (χ1n) is 7.06. The maximum absolute atomic E-state index is 11.3. The molecule has 0 aliphatic carbocycles. The van der Waals surface area contributed by atoms with Gasteiger partial charge in [0, 0.05) is 23.9 Å². The maximum Gasteiger partial charge on any atom is 0.326 e. The number of aromatic nitrogens is 2. The third kappa shape index (κ3) is 2.72. The zero-order chi connectivity index (χ0) is 14.8. The molecule has 1 aromatic carbocycles. The largest absolute Gasteiger partial charge is 0.480 e. The van der Waals surface area contributed by atoms with Crippen LogP contribution in [-0.2, 0) is 4.79 Å². The highest BCUT2D eigenvalue weighted by Gasteiger charge is 2.31. The molecule has 2 heterocycles. The lowest BCUT2D eigenvalue weighted by molar-refractivity contribution is -0.138. The van der Waals surface area contributed by atoms with Gasteiger partial charge in [-0.3, -0.25) is 0 Å². The highest BCUT2D eigenvalue weighted by atomic mass is 16.4. The molecule has 1 aliphatic heterocycles. The van der Waals surface area contributed by atoms with Crippen molar-refractivity contribution in [2.24, 2.45) is 0 Å². The molecular weight excluding hydrogens is 266 g/mol. The van der Waals surface area contributed by atoms with Gasteiger partial charge >= 0.3 is 5.97 Å². The van der Waals surface area contributed by atoms with Crippen molar-refractivity contribution in [2.75, 3.05) is 11.4 Å². The molecule has 0 radical (unpaired) electrons. The van der Waals surface area contributed by atoms with Crippen molar-refractivity contribution < 1.29 is 9.90 Å². The fourth-order valence-electron chi connectivity index (χ4n) is 2.71. The summed E-state index contributed by atoms with van der Waals surface area (Å²) in [6.07, 6.45) is 1.54. The van der Waals surface area contributed by atoms with E-state index in [9.17, 15) is 9.90 Å². The first-order valence-corrected chi connectivity index (χ1v) is 7.06. The third-order valence-corrected chi connectivity index (χ3v) is 3.70. The van der Waals surface area contributed by atoms with Gasteiger partial charge in [0.2, 0.25) is 0 Å². The van der Waals surface area contributed by atoms with Crippen molar-refractivity contribution in [2.45, 2.75) is 25.8 Å². The van der Waals surface area contributed by atoms with Gasteiger partial charge in [0.15, 0.2) is 5.82 Å². The van der Waals surface area contributed by atoms with Gasteiger partial charge in [-0.2, -0.15) is 0 Å². The molecule has 3 rings (SSSR count). The van der Waals surface area contributed by atoms with Gasteiger partial charge in [0.1, 0.15) is 11.9 Å². The lowest BCUT2D eigenvalue weighted by atomic mass is 10.2. The summed E-state index contributed by atoms with van der Waals surface area (Å²) in [6.45, 7) is 2.63. The normalized spacial score (nSPS) is 18.0. The van der Waals surface area contributed by atoms with Crippen LogP contribution in [0.3, 0.4) is 0 Å². The van der Waals surface area contributed by atoms with E-state index >= 15 is 0 Å². The van der Waals surface area contributed by atoms with Crippen LogP contribution in [-0.4, -0.2) is 33.6 Å². The summed E-state index contributed by atoms with van der Waals surface area (Å²) in [5.41, 5.74) is 1.78. The number of aliphatic carboxylic acids is 1. The number of anilines is 1. The second kappa shape index (κ2) is 5.52. The van der Waals surface area contributed by atoms with Crippen LogP contribution in [0.1, 0.15) is 18.5 Å². The molecular formula is C16H17N3O2. The van der Waals surface area contributed by atoms with Crippen molar-refractivity contribution in [3.05, 3.63) is 42.1 Å². The van der Waals surface area contributed by atoms with Crippen molar-refractivity contribution in [3.8, 4) is 11.4 Å². The molecule has 0 bridgehead atoms. The van der Waals surface area contributed by atoms with E-state index in [1.165, 1.54) is 0 Å². The van der Waals surface area contributed by atoms with Gasteiger partial charge in [0.05, 0.1) is 0 Å². The molecule has 0 saturated carbocycles. The Bertz CT molecular complexity index is 658. The topological polar surface area (TPSA) is 66.3 Å². The van der Waals surface area contributed by atoms with E-state index in [1.54, 1.807) is 0 Å². The Labute approximate surface area is 123 Å². The lowest BCUT2D eigenvalue weighted by Gasteiger charge is -2.23. The number of hydrogen-bond acceptors (Lipinski definition) is 4. The van der Waals surface area contributed by atoms with Gasteiger partial charge in [-0.1, -0.05) is 30.3 Å². The average molecular weight is 283 g/mol. The van der Waals surface area contributed by atoms with Crippen LogP contribution >= 0.6 is 0 Å². The molecule has 1 fully saturated rings. The highest BCUT2D eigenvalue weighted by molar-refractivity contribution is 5.78. The summed E-state index contributed by atoms with van der Waals surface area (Å²) in [7, 11) is 0. The summed E-state index contributed by atoms with van der Waals surface area (Å²) in [4.78, 5) is 22.2. The first kappa shape index (κ1) is 13.5. The standard InChI is InChI=1S/C16H17N3O2/c1-11-10-14(19-9-5-8-13(19)16(20)21)18-15(17-11)12-6-3-2-4-7-12/h2-4,6-7,10,13H,5,8-9H2,1H3,(H,20,21).